The van der Waals surface area contributed by atoms with Gasteiger partial charge in [0, 0.05) is 23.0 Å². The Morgan fingerprint density at radius 2 is 1.84 bits per heavy atom. The largest absolute Gasteiger partial charge is 0.507 e. The van der Waals surface area contributed by atoms with Crippen LogP contribution >= 0.6 is 0 Å². The number of carboxylic acid groups (broad SMARTS) is 1. The van der Waals surface area contributed by atoms with Crippen molar-refractivity contribution in [1.29, 1.82) is 0 Å². The Bertz CT molecular complexity index is 1060. The van der Waals surface area contributed by atoms with E-state index in [4.69, 9.17) is 14.2 Å². The number of carbonyl (C=O) groups is 2. The summed E-state index contributed by atoms with van der Waals surface area (Å²) >= 11 is 0. The molecule has 1 saturated heterocycles. The van der Waals surface area contributed by atoms with Gasteiger partial charge in [0.25, 0.3) is 0 Å². The highest BCUT2D eigenvalue weighted by atomic mass is 16.7. The Morgan fingerprint density at radius 1 is 1.11 bits per heavy atom. The number of carbonyl (C=O) groups excluding carboxylic acids is 1. The quantitative estimate of drug-likeness (QED) is 0.266. The maximum Gasteiger partial charge on any atom is 0.336 e. The maximum atomic E-state index is 13.0. The number of esters is 1. The lowest BCUT2D eigenvalue weighted by Crippen LogP contribution is -2.60. The number of rotatable bonds is 7. The van der Waals surface area contributed by atoms with E-state index >= 15 is 0 Å². The van der Waals surface area contributed by atoms with E-state index in [-0.39, 0.29) is 23.2 Å². The third-order valence-corrected chi connectivity index (χ3v) is 7.69. The van der Waals surface area contributed by atoms with Crippen LogP contribution in [-0.2, 0) is 25.5 Å². The number of aliphatic hydroxyl groups is 3. The molecule has 37 heavy (non-hydrogen) atoms. The van der Waals surface area contributed by atoms with Crippen molar-refractivity contribution >= 4 is 11.9 Å². The SMILES string of the molecule is CCCCCc1cc(O)c2c(c1)OC(C)(C)[C@H]1CCC(C(=O)O[C@@H]3O[C@H](C(=O)O)[C@@H](O)[C@H](O)[C@@H]3O)=C[C@@H]21. The molecule has 1 aromatic carbocycles. The van der Waals surface area contributed by atoms with Crippen molar-refractivity contribution in [2.75, 3.05) is 0 Å². The molecule has 4 rings (SSSR count). The Balaban J connectivity index is 1.59. The minimum absolute atomic E-state index is 0.0294. The fourth-order valence-electron chi connectivity index (χ4n) is 5.64. The summed E-state index contributed by atoms with van der Waals surface area (Å²) in [7, 11) is 0. The second kappa shape index (κ2) is 10.6. The van der Waals surface area contributed by atoms with E-state index < -0.39 is 48.2 Å². The van der Waals surface area contributed by atoms with Gasteiger partial charge in [0.15, 0.2) is 6.10 Å². The number of allylic oxidation sites excluding steroid dienone is 1. The average molecular weight is 521 g/mol. The van der Waals surface area contributed by atoms with E-state index in [1.54, 1.807) is 12.1 Å². The van der Waals surface area contributed by atoms with Gasteiger partial charge in [-0.05, 0) is 57.2 Å². The molecule has 0 bridgehead atoms. The smallest absolute Gasteiger partial charge is 0.336 e. The van der Waals surface area contributed by atoms with Gasteiger partial charge in [-0.25, -0.2) is 9.59 Å². The molecule has 7 atom stereocenters. The number of phenolic OH excluding ortho intramolecular Hbond substituents is 1. The maximum absolute atomic E-state index is 13.0. The number of hydrogen-bond acceptors (Lipinski definition) is 9. The van der Waals surface area contributed by atoms with Crippen molar-refractivity contribution in [3.8, 4) is 11.5 Å². The monoisotopic (exact) mass is 520 g/mol. The lowest BCUT2D eigenvalue weighted by atomic mass is 9.67. The van der Waals surface area contributed by atoms with Gasteiger partial charge >= 0.3 is 11.9 Å². The molecule has 0 radical (unpaired) electrons. The summed E-state index contributed by atoms with van der Waals surface area (Å²) in [6, 6.07) is 3.70. The van der Waals surface area contributed by atoms with Crippen LogP contribution < -0.4 is 4.74 Å². The lowest BCUT2D eigenvalue weighted by molar-refractivity contribution is -0.285. The molecule has 0 amide bonds. The van der Waals surface area contributed by atoms with Gasteiger partial charge in [0.1, 0.15) is 35.4 Å². The number of hydrogen-bond donors (Lipinski definition) is 5. The Morgan fingerprint density at radius 3 is 2.51 bits per heavy atom. The summed E-state index contributed by atoms with van der Waals surface area (Å²) in [5, 5.41) is 50.3. The van der Waals surface area contributed by atoms with Crippen LogP contribution in [0.3, 0.4) is 0 Å². The summed E-state index contributed by atoms with van der Waals surface area (Å²) in [6.07, 6.45) is -2.61. The molecule has 2 heterocycles. The first-order chi connectivity index (χ1) is 17.4. The summed E-state index contributed by atoms with van der Waals surface area (Å²) in [5.41, 5.74) is 1.30. The van der Waals surface area contributed by atoms with Gasteiger partial charge in [0.05, 0.1) is 0 Å². The molecule has 10 heteroatoms. The van der Waals surface area contributed by atoms with E-state index in [0.29, 0.717) is 24.2 Å². The highest BCUT2D eigenvalue weighted by Gasteiger charge is 2.50. The topological polar surface area (TPSA) is 163 Å². The molecule has 0 saturated carbocycles. The molecule has 5 N–H and O–H groups in total. The van der Waals surface area contributed by atoms with Crippen molar-refractivity contribution in [3.05, 3.63) is 34.9 Å². The molecule has 1 aromatic rings. The molecular formula is C27H36O10. The Kier molecular flexibility index (Phi) is 7.85. The number of aliphatic hydroxyl groups excluding tert-OH is 3. The molecule has 204 valence electrons. The zero-order valence-electron chi connectivity index (χ0n) is 21.3. The third-order valence-electron chi connectivity index (χ3n) is 7.69. The van der Waals surface area contributed by atoms with Crippen LogP contribution in [0.4, 0.5) is 0 Å². The fourth-order valence-corrected chi connectivity index (χ4v) is 5.64. The molecule has 0 spiro atoms. The normalized spacial score (nSPS) is 32.4. The number of unbranched alkanes of at least 4 members (excludes halogenated alkanes) is 2. The summed E-state index contributed by atoms with van der Waals surface area (Å²) in [4.78, 5) is 24.4. The first-order valence-electron chi connectivity index (χ1n) is 12.8. The van der Waals surface area contributed by atoms with E-state index in [2.05, 4.69) is 6.92 Å². The highest BCUT2D eigenvalue weighted by Crippen LogP contribution is 2.53. The number of carboxylic acids is 1. The van der Waals surface area contributed by atoms with Crippen LogP contribution in [0.1, 0.15) is 69.9 Å². The Labute approximate surface area is 215 Å². The lowest BCUT2D eigenvalue weighted by Gasteiger charge is -2.46. The summed E-state index contributed by atoms with van der Waals surface area (Å²) < 4.78 is 16.7. The second-order valence-electron chi connectivity index (χ2n) is 10.7. The summed E-state index contributed by atoms with van der Waals surface area (Å²) in [5.74, 6) is -2.08. The number of benzene rings is 1. The van der Waals surface area contributed by atoms with Crippen LogP contribution in [0, 0.1) is 5.92 Å². The van der Waals surface area contributed by atoms with Crippen molar-refractivity contribution in [2.45, 2.75) is 102 Å². The number of aryl methyl sites for hydroxylation is 1. The molecule has 1 fully saturated rings. The van der Waals surface area contributed by atoms with Crippen LogP contribution in [0.25, 0.3) is 0 Å². The van der Waals surface area contributed by atoms with E-state index in [1.165, 1.54) is 0 Å². The predicted molar refractivity (Wildman–Crippen MR) is 130 cm³/mol. The van der Waals surface area contributed by atoms with Gasteiger partial charge in [-0.3, -0.25) is 0 Å². The van der Waals surface area contributed by atoms with E-state index in [1.807, 2.05) is 19.9 Å². The second-order valence-corrected chi connectivity index (χ2v) is 10.7. The van der Waals surface area contributed by atoms with Crippen LogP contribution in [0.2, 0.25) is 0 Å². The number of phenols is 1. The van der Waals surface area contributed by atoms with Gasteiger partial charge in [-0.2, -0.15) is 0 Å². The van der Waals surface area contributed by atoms with Crippen molar-refractivity contribution in [2.24, 2.45) is 5.92 Å². The molecule has 0 unspecified atom stereocenters. The van der Waals surface area contributed by atoms with Crippen molar-refractivity contribution in [3.63, 3.8) is 0 Å². The predicted octanol–water partition coefficient (Wildman–Crippen LogP) is 2.15. The van der Waals surface area contributed by atoms with Gasteiger partial charge in [-0.1, -0.05) is 25.8 Å². The first-order valence-corrected chi connectivity index (χ1v) is 12.8. The van der Waals surface area contributed by atoms with Crippen molar-refractivity contribution < 1.29 is 49.3 Å². The molecule has 3 aliphatic rings. The van der Waals surface area contributed by atoms with Crippen LogP contribution in [-0.4, -0.2) is 73.8 Å². The van der Waals surface area contributed by atoms with Crippen LogP contribution in [0.15, 0.2) is 23.8 Å². The number of fused-ring (bicyclic) bond motifs is 3. The minimum Gasteiger partial charge on any atom is -0.507 e. The molecule has 1 aliphatic carbocycles. The Hall–Kier alpha value is -2.66. The summed E-state index contributed by atoms with van der Waals surface area (Å²) in [6.45, 7) is 6.10. The zero-order chi connectivity index (χ0) is 27.1. The number of ether oxygens (including phenoxy) is 3. The van der Waals surface area contributed by atoms with Gasteiger partial charge < -0.3 is 39.7 Å². The number of aliphatic carboxylic acids is 1. The first kappa shape index (κ1) is 27.4. The van der Waals surface area contributed by atoms with Crippen molar-refractivity contribution in [1.82, 2.24) is 0 Å². The standard InChI is InChI=1S/C27H36O10/c1-4-5-6-7-13-10-17(28)19-15-12-14(8-9-16(15)27(2,3)37-18(19)11-13)25(34)36-26-22(31)20(29)21(30)23(35-26)24(32)33/h10-12,15-16,20-23,26,28-31H,4-9H2,1-3H3,(H,32,33)/t15-,16+,20+,21+,22+,23+,26+/m1/s1. The third kappa shape index (κ3) is 5.34. The fraction of sp³-hybridized carbons (Fsp3) is 0.630. The molecular weight excluding hydrogens is 484 g/mol. The average Bonchev–Trinajstić information content (AvgIpc) is 2.83. The highest BCUT2D eigenvalue weighted by molar-refractivity contribution is 5.89. The number of aromatic hydroxyl groups is 1. The van der Waals surface area contributed by atoms with Gasteiger partial charge in [0.2, 0.25) is 6.29 Å². The van der Waals surface area contributed by atoms with E-state index in [9.17, 15) is 35.1 Å². The van der Waals surface area contributed by atoms with Gasteiger partial charge in [-0.15, -0.1) is 0 Å². The zero-order valence-corrected chi connectivity index (χ0v) is 21.3. The molecule has 2 aliphatic heterocycles. The molecule has 0 aromatic heterocycles. The minimum atomic E-state index is -1.88. The molecule has 10 nitrogen and oxygen atoms in total. The van der Waals surface area contributed by atoms with Crippen LogP contribution in [0.5, 0.6) is 11.5 Å². The van der Waals surface area contributed by atoms with E-state index in [0.717, 1.165) is 31.2 Å².